The van der Waals surface area contributed by atoms with E-state index in [1.54, 1.807) is 31.2 Å². The molecule has 0 aliphatic rings. The Balaban J connectivity index is 1.97. The van der Waals surface area contributed by atoms with Crippen LogP contribution in [-0.4, -0.2) is 19.0 Å². The molecular weight excluding hydrogens is 313 g/mol. The number of nitrogens with one attached hydrogen (secondary N) is 1. The molecule has 122 valence electrons. The summed E-state index contributed by atoms with van der Waals surface area (Å²) in [4.78, 5) is 24.3. The van der Waals surface area contributed by atoms with Crippen LogP contribution in [-0.2, 0) is 4.74 Å². The first-order valence-electron chi connectivity index (χ1n) is 7.18. The number of carbonyl (C=O) groups is 2. The van der Waals surface area contributed by atoms with E-state index in [1.807, 2.05) is 0 Å². The maximum atomic E-state index is 13.4. The number of aryl methyl sites for hydroxylation is 1. The average molecular weight is 327 g/mol. The van der Waals surface area contributed by atoms with Gasteiger partial charge in [0.25, 0.3) is 5.91 Å². The molecule has 3 rings (SSSR count). The summed E-state index contributed by atoms with van der Waals surface area (Å²) in [5.74, 6) is -1.43. The van der Waals surface area contributed by atoms with Gasteiger partial charge in [0, 0.05) is 10.9 Å². The van der Waals surface area contributed by atoms with Crippen molar-refractivity contribution in [3.05, 3.63) is 65.2 Å². The van der Waals surface area contributed by atoms with E-state index in [1.165, 1.54) is 25.3 Å². The summed E-state index contributed by atoms with van der Waals surface area (Å²) in [5.41, 5.74) is 1.48. The van der Waals surface area contributed by atoms with Gasteiger partial charge in [-0.3, -0.25) is 4.79 Å². The molecule has 0 fully saturated rings. The third-order valence-electron chi connectivity index (χ3n) is 3.69. The van der Waals surface area contributed by atoms with Gasteiger partial charge in [-0.2, -0.15) is 0 Å². The van der Waals surface area contributed by atoms with Crippen molar-refractivity contribution in [2.45, 2.75) is 6.92 Å². The number of ether oxygens (including phenoxy) is 1. The highest BCUT2D eigenvalue weighted by molar-refractivity contribution is 6.09. The van der Waals surface area contributed by atoms with Gasteiger partial charge in [-0.1, -0.05) is 12.1 Å². The van der Waals surface area contributed by atoms with Crippen LogP contribution in [0.2, 0.25) is 0 Å². The average Bonchev–Trinajstić information content (AvgIpc) is 2.91. The normalized spacial score (nSPS) is 10.6. The summed E-state index contributed by atoms with van der Waals surface area (Å²) in [6, 6.07) is 10.5. The smallest absolute Gasteiger partial charge is 0.339 e. The van der Waals surface area contributed by atoms with Crippen molar-refractivity contribution >= 4 is 28.5 Å². The second kappa shape index (κ2) is 6.16. The molecule has 0 saturated carbocycles. The first-order chi connectivity index (χ1) is 11.5. The molecule has 1 amide bonds. The van der Waals surface area contributed by atoms with Gasteiger partial charge in [0.2, 0.25) is 0 Å². The molecule has 0 aliphatic carbocycles. The zero-order valence-corrected chi connectivity index (χ0v) is 13.1. The maximum absolute atomic E-state index is 13.4. The number of methoxy groups -OCH3 is 1. The Morgan fingerprint density at radius 1 is 1.17 bits per heavy atom. The van der Waals surface area contributed by atoms with Crippen LogP contribution in [0.1, 0.15) is 26.5 Å². The van der Waals surface area contributed by atoms with E-state index in [0.717, 1.165) is 0 Å². The largest absolute Gasteiger partial charge is 0.465 e. The Morgan fingerprint density at radius 3 is 2.67 bits per heavy atom. The maximum Gasteiger partial charge on any atom is 0.339 e. The van der Waals surface area contributed by atoms with Crippen LogP contribution >= 0.6 is 0 Å². The Labute approximate surface area is 137 Å². The van der Waals surface area contributed by atoms with Crippen molar-refractivity contribution < 1.29 is 23.1 Å². The second-order valence-electron chi connectivity index (χ2n) is 5.19. The highest BCUT2D eigenvalue weighted by Crippen LogP contribution is 2.27. The number of benzene rings is 2. The number of hydrogen-bond donors (Lipinski definition) is 1. The number of carbonyl (C=O) groups excluding carboxylic acids is 2. The molecule has 3 aromatic rings. The van der Waals surface area contributed by atoms with Gasteiger partial charge < -0.3 is 14.5 Å². The molecule has 0 saturated heterocycles. The van der Waals surface area contributed by atoms with Crippen molar-refractivity contribution in [1.29, 1.82) is 0 Å². The van der Waals surface area contributed by atoms with Gasteiger partial charge in [0.1, 0.15) is 11.4 Å². The predicted octanol–water partition coefficient (Wildman–Crippen LogP) is 3.92. The van der Waals surface area contributed by atoms with Gasteiger partial charge in [-0.25, -0.2) is 9.18 Å². The van der Waals surface area contributed by atoms with Crippen molar-refractivity contribution in [3.8, 4) is 0 Å². The molecule has 2 aromatic carbocycles. The third-order valence-corrected chi connectivity index (χ3v) is 3.69. The summed E-state index contributed by atoms with van der Waals surface area (Å²) in [6.07, 6.45) is 0. The highest BCUT2D eigenvalue weighted by atomic mass is 19.1. The number of esters is 1. The minimum absolute atomic E-state index is 0.0651. The summed E-state index contributed by atoms with van der Waals surface area (Å²) in [6.45, 7) is 1.67. The summed E-state index contributed by atoms with van der Waals surface area (Å²) >= 11 is 0. The minimum atomic E-state index is -0.561. The van der Waals surface area contributed by atoms with E-state index in [-0.39, 0.29) is 11.3 Å². The van der Waals surface area contributed by atoms with Crippen LogP contribution in [0.15, 0.2) is 46.9 Å². The summed E-state index contributed by atoms with van der Waals surface area (Å²) in [5, 5.41) is 3.16. The Morgan fingerprint density at radius 2 is 1.92 bits per heavy atom. The van der Waals surface area contributed by atoms with Crippen LogP contribution in [0.5, 0.6) is 0 Å². The molecule has 6 heteroatoms. The number of amides is 1. The Kier molecular flexibility index (Phi) is 4.04. The molecule has 1 N–H and O–H groups in total. The molecule has 0 atom stereocenters. The van der Waals surface area contributed by atoms with Crippen LogP contribution in [0, 0.1) is 12.7 Å². The van der Waals surface area contributed by atoms with Gasteiger partial charge in [-0.15, -0.1) is 0 Å². The Hall–Kier alpha value is -3.15. The monoisotopic (exact) mass is 327 g/mol. The van der Waals surface area contributed by atoms with E-state index >= 15 is 0 Å². The molecular formula is C18H14FNO4. The molecule has 5 nitrogen and oxygen atoms in total. The summed E-state index contributed by atoms with van der Waals surface area (Å²) < 4.78 is 23.6. The van der Waals surface area contributed by atoms with E-state index in [9.17, 15) is 14.0 Å². The van der Waals surface area contributed by atoms with Gasteiger partial charge in [0.15, 0.2) is 5.76 Å². The number of halogens is 1. The van der Waals surface area contributed by atoms with Crippen LogP contribution in [0.3, 0.4) is 0 Å². The zero-order chi connectivity index (χ0) is 17.3. The fourth-order valence-corrected chi connectivity index (χ4v) is 2.47. The lowest BCUT2D eigenvalue weighted by Gasteiger charge is -2.08. The molecule has 1 heterocycles. The quantitative estimate of drug-likeness (QED) is 0.740. The first-order valence-corrected chi connectivity index (χ1v) is 7.18. The van der Waals surface area contributed by atoms with Crippen molar-refractivity contribution in [1.82, 2.24) is 0 Å². The number of fused-ring (bicyclic) bond motifs is 1. The van der Waals surface area contributed by atoms with Crippen molar-refractivity contribution in [3.63, 3.8) is 0 Å². The van der Waals surface area contributed by atoms with E-state index < -0.39 is 17.7 Å². The Bertz CT molecular complexity index is 945. The summed E-state index contributed by atoms with van der Waals surface area (Å²) in [7, 11) is 1.26. The number of anilines is 1. The molecule has 0 spiro atoms. The van der Waals surface area contributed by atoms with E-state index in [2.05, 4.69) is 5.32 Å². The highest BCUT2D eigenvalue weighted by Gasteiger charge is 2.20. The van der Waals surface area contributed by atoms with Gasteiger partial charge in [-0.05, 0) is 37.3 Å². The molecule has 0 bridgehead atoms. The number of hydrogen-bond acceptors (Lipinski definition) is 4. The van der Waals surface area contributed by atoms with Crippen molar-refractivity contribution in [2.75, 3.05) is 12.4 Å². The van der Waals surface area contributed by atoms with E-state index in [4.69, 9.17) is 9.15 Å². The molecule has 0 radical (unpaired) electrons. The molecule has 24 heavy (non-hydrogen) atoms. The SMILES string of the molecule is COC(=O)c1ccccc1NC(=O)c1oc2ccc(F)cc2c1C. The van der Waals surface area contributed by atoms with Gasteiger partial charge in [0.05, 0.1) is 18.4 Å². The lowest BCUT2D eigenvalue weighted by Crippen LogP contribution is -2.15. The lowest BCUT2D eigenvalue weighted by molar-refractivity contribution is 0.0602. The second-order valence-corrected chi connectivity index (χ2v) is 5.19. The lowest BCUT2D eigenvalue weighted by atomic mass is 10.1. The predicted molar refractivity (Wildman–Crippen MR) is 86.6 cm³/mol. The van der Waals surface area contributed by atoms with Crippen LogP contribution < -0.4 is 5.32 Å². The molecule has 1 aromatic heterocycles. The third kappa shape index (κ3) is 2.74. The topological polar surface area (TPSA) is 68.5 Å². The standard InChI is InChI=1S/C18H14FNO4/c1-10-13-9-11(19)7-8-15(13)24-16(10)17(21)20-14-6-4-3-5-12(14)18(22)23-2/h3-9H,1-2H3,(H,20,21). The molecule has 0 aliphatic heterocycles. The molecule has 0 unspecified atom stereocenters. The number of furan rings is 1. The minimum Gasteiger partial charge on any atom is -0.465 e. The van der Waals surface area contributed by atoms with E-state index in [0.29, 0.717) is 22.2 Å². The zero-order valence-electron chi connectivity index (χ0n) is 13.1. The fourth-order valence-electron chi connectivity index (χ4n) is 2.47. The van der Waals surface area contributed by atoms with Gasteiger partial charge >= 0.3 is 5.97 Å². The number of para-hydroxylation sites is 1. The van der Waals surface area contributed by atoms with Crippen molar-refractivity contribution in [2.24, 2.45) is 0 Å². The van der Waals surface area contributed by atoms with Crippen LogP contribution in [0.4, 0.5) is 10.1 Å². The fraction of sp³-hybridized carbons (Fsp3) is 0.111. The van der Waals surface area contributed by atoms with Crippen LogP contribution in [0.25, 0.3) is 11.0 Å². The number of rotatable bonds is 3. The first kappa shape index (κ1) is 15.7.